The normalized spacial score (nSPS) is 18.4. The van der Waals surface area contributed by atoms with Crippen molar-refractivity contribution < 1.29 is 38.0 Å². The standard InChI is InChI=1S/C11H18NO2.HI/c1-3-9-14-11(13)10-12(2)7-5-4-6-8-12;/h1H,4-10H2,2H3;1H/q+1;/p-1. The minimum absolute atomic E-state index is 0. The first-order chi connectivity index (χ1) is 6.66. The Morgan fingerprint density at radius 2 is 2.00 bits per heavy atom. The van der Waals surface area contributed by atoms with Gasteiger partial charge >= 0.3 is 5.97 Å². The Morgan fingerprint density at radius 1 is 1.40 bits per heavy atom. The Morgan fingerprint density at radius 3 is 2.53 bits per heavy atom. The fourth-order valence-corrected chi connectivity index (χ4v) is 1.91. The van der Waals surface area contributed by atoms with Crippen molar-refractivity contribution in [2.24, 2.45) is 0 Å². The molecule has 1 heterocycles. The van der Waals surface area contributed by atoms with Crippen LogP contribution in [0, 0.1) is 12.3 Å². The van der Waals surface area contributed by atoms with E-state index in [0.717, 1.165) is 17.6 Å². The van der Waals surface area contributed by atoms with E-state index in [9.17, 15) is 4.79 Å². The van der Waals surface area contributed by atoms with E-state index in [1.165, 1.54) is 19.3 Å². The predicted molar refractivity (Wildman–Crippen MR) is 54.4 cm³/mol. The molecule has 1 rings (SSSR count). The Labute approximate surface area is 109 Å². The summed E-state index contributed by atoms with van der Waals surface area (Å²) in [6.07, 6.45) is 8.71. The average molecular weight is 323 g/mol. The van der Waals surface area contributed by atoms with Crippen LogP contribution < -0.4 is 24.0 Å². The van der Waals surface area contributed by atoms with Crippen molar-refractivity contribution in [2.45, 2.75) is 19.3 Å². The highest BCUT2D eigenvalue weighted by Gasteiger charge is 2.28. The zero-order chi connectivity index (χ0) is 10.4. The van der Waals surface area contributed by atoms with Crippen LogP contribution in [0.15, 0.2) is 0 Å². The smallest absolute Gasteiger partial charge is 0.362 e. The molecule has 0 aromatic carbocycles. The van der Waals surface area contributed by atoms with Gasteiger partial charge in [0.1, 0.15) is 0 Å². The van der Waals surface area contributed by atoms with Crippen molar-refractivity contribution in [3.8, 4) is 12.3 Å². The van der Waals surface area contributed by atoms with Gasteiger partial charge < -0.3 is 33.2 Å². The number of likely N-dealkylation sites (N-methyl/N-ethyl adjacent to an activating group) is 1. The number of halogens is 1. The topological polar surface area (TPSA) is 26.3 Å². The Bertz CT molecular complexity index is 241. The first kappa shape index (κ1) is 14.7. The van der Waals surface area contributed by atoms with E-state index < -0.39 is 0 Å². The molecule has 15 heavy (non-hydrogen) atoms. The molecule has 0 aromatic heterocycles. The third kappa shape index (κ3) is 5.38. The van der Waals surface area contributed by atoms with Gasteiger partial charge in [0.25, 0.3) is 0 Å². The third-order valence-electron chi connectivity index (χ3n) is 2.72. The van der Waals surface area contributed by atoms with Crippen LogP contribution in [0.25, 0.3) is 0 Å². The van der Waals surface area contributed by atoms with Gasteiger partial charge in [-0.25, -0.2) is 4.79 Å². The number of nitrogens with zero attached hydrogens (tertiary/aromatic N) is 1. The number of carbonyl (C=O) groups is 1. The minimum atomic E-state index is -0.174. The van der Waals surface area contributed by atoms with Crippen LogP contribution in [-0.2, 0) is 9.53 Å². The summed E-state index contributed by atoms with van der Waals surface area (Å²) in [6, 6.07) is 0. The summed E-state index contributed by atoms with van der Waals surface area (Å²) in [5.41, 5.74) is 0. The van der Waals surface area contributed by atoms with Crippen molar-refractivity contribution in [1.82, 2.24) is 0 Å². The van der Waals surface area contributed by atoms with Crippen LogP contribution in [0.5, 0.6) is 0 Å². The van der Waals surface area contributed by atoms with E-state index in [0.29, 0.717) is 6.54 Å². The monoisotopic (exact) mass is 323 g/mol. The van der Waals surface area contributed by atoms with Crippen molar-refractivity contribution in [3.05, 3.63) is 0 Å². The maximum Gasteiger partial charge on any atom is 0.362 e. The molecule has 0 atom stereocenters. The van der Waals surface area contributed by atoms with Crippen LogP contribution in [0.2, 0.25) is 0 Å². The van der Waals surface area contributed by atoms with Crippen molar-refractivity contribution >= 4 is 5.97 Å². The predicted octanol–water partition coefficient (Wildman–Crippen LogP) is -2.20. The zero-order valence-corrected chi connectivity index (χ0v) is 11.3. The van der Waals surface area contributed by atoms with E-state index >= 15 is 0 Å². The summed E-state index contributed by atoms with van der Waals surface area (Å²) in [5.74, 6) is 2.12. The van der Waals surface area contributed by atoms with Gasteiger partial charge in [0.2, 0.25) is 0 Å². The average Bonchev–Trinajstić information content (AvgIpc) is 2.15. The molecule has 1 saturated heterocycles. The largest absolute Gasteiger partial charge is 1.00 e. The molecule has 1 aliphatic heterocycles. The molecule has 0 N–H and O–H groups in total. The minimum Gasteiger partial charge on any atom is -1.00 e. The molecule has 0 bridgehead atoms. The molecule has 3 nitrogen and oxygen atoms in total. The lowest BCUT2D eigenvalue weighted by molar-refractivity contribution is -0.907. The van der Waals surface area contributed by atoms with E-state index in [1.807, 2.05) is 0 Å². The SMILES string of the molecule is C#CCOC(=O)C[N+]1(C)CCCCC1.[I-]. The lowest BCUT2D eigenvalue weighted by atomic mass is 10.1. The fourth-order valence-electron chi connectivity index (χ4n) is 1.91. The molecule has 0 amide bonds. The van der Waals surface area contributed by atoms with Crippen LogP contribution >= 0.6 is 0 Å². The van der Waals surface area contributed by atoms with Gasteiger partial charge in [0.05, 0.1) is 20.1 Å². The molecule has 0 saturated carbocycles. The number of ether oxygens (including phenoxy) is 1. The molecule has 1 fully saturated rings. The molecule has 1 aliphatic rings. The second-order valence-corrected chi connectivity index (χ2v) is 4.15. The van der Waals surface area contributed by atoms with E-state index in [2.05, 4.69) is 13.0 Å². The zero-order valence-electron chi connectivity index (χ0n) is 9.17. The van der Waals surface area contributed by atoms with Gasteiger partial charge in [-0.05, 0) is 19.3 Å². The van der Waals surface area contributed by atoms with Crippen LogP contribution in [-0.4, -0.2) is 43.7 Å². The van der Waals surface area contributed by atoms with Gasteiger partial charge in [-0.15, -0.1) is 6.42 Å². The van der Waals surface area contributed by atoms with Crippen LogP contribution in [0.3, 0.4) is 0 Å². The summed E-state index contributed by atoms with van der Waals surface area (Å²) in [7, 11) is 2.11. The van der Waals surface area contributed by atoms with Gasteiger partial charge in [-0.1, -0.05) is 5.92 Å². The maximum absolute atomic E-state index is 11.3. The first-order valence-electron chi connectivity index (χ1n) is 5.09. The molecule has 4 heteroatoms. The molecule has 0 aliphatic carbocycles. The molecule has 0 spiro atoms. The van der Waals surface area contributed by atoms with E-state index in [4.69, 9.17) is 11.2 Å². The number of terminal acetylenes is 1. The van der Waals surface area contributed by atoms with Crippen molar-refractivity contribution in [1.29, 1.82) is 0 Å². The number of esters is 1. The third-order valence-corrected chi connectivity index (χ3v) is 2.72. The fraction of sp³-hybridized carbons (Fsp3) is 0.727. The Balaban J connectivity index is 0.00000196. The second-order valence-electron chi connectivity index (χ2n) is 4.15. The molecular formula is C11H18INO2. The number of piperidine rings is 1. The summed E-state index contributed by atoms with van der Waals surface area (Å²) in [5, 5.41) is 0. The van der Waals surface area contributed by atoms with Crippen molar-refractivity contribution in [3.63, 3.8) is 0 Å². The lowest BCUT2D eigenvalue weighted by Gasteiger charge is -2.36. The summed E-state index contributed by atoms with van der Waals surface area (Å²) in [4.78, 5) is 11.3. The number of likely N-dealkylation sites (tertiary alicyclic amines) is 1. The van der Waals surface area contributed by atoms with Gasteiger partial charge in [0, 0.05) is 0 Å². The highest BCUT2D eigenvalue weighted by molar-refractivity contribution is 5.70. The number of carbonyl (C=O) groups excluding carboxylic acids is 1. The van der Waals surface area contributed by atoms with Crippen molar-refractivity contribution in [2.75, 3.05) is 33.3 Å². The van der Waals surface area contributed by atoms with E-state index in [1.54, 1.807) is 0 Å². The Kier molecular flexibility index (Phi) is 6.94. The first-order valence-corrected chi connectivity index (χ1v) is 5.09. The molecule has 86 valence electrons. The summed E-state index contributed by atoms with van der Waals surface area (Å²) < 4.78 is 5.68. The highest BCUT2D eigenvalue weighted by atomic mass is 127. The molecule has 0 radical (unpaired) electrons. The summed E-state index contributed by atoms with van der Waals surface area (Å²) >= 11 is 0. The van der Waals surface area contributed by atoms with Gasteiger partial charge in [-0.3, -0.25) is 0 Å². The highest BCUT2D eigenvalue weighted by Crippen LogP contribution is 2.15. The lowest BCUT2D eigenvalue weighted by Crippen LogP contribution is -3.00. The summed E-state index contributed by atoms with van der Waals surface area (Å²) in [6.45, 7) is 2.71. The maximum atomic E-state index is 11.3. The van der Waals surface area contributed by atoms with Gasteiger partial charge in [-0.2, -0.15) is 0 Å². The Hall–Kier alpha value is -0.280. The van der Waals surface area contributed by atoms with Crippen LogP contribution in [0.1, 0.15) is 19.3 Å². The number of rotatable bonds is 3. The van der Waals surface area contributed by atoms with Gasteiger partial charge in [0.15, 0.2) is 13.2 Å². The van der Waals surface area contributed by atoms with E-state index in [-0.39, 0.29) is 36.6 Å². The number of hydrogen-bond donors (Lipinski definition) is 0. The molecular weight excluding hydrogens is 305 g/mol. The molecule has 0 unspecified atom stereocenters. The molecule has 0 aromatic rings. The second kappa shape index (κ2) is 7.07. The number of hydrogen-bond acceptors (Lipinski definition) is 2. The quantitative estimate of drug-likeness (QED) is 0.255. The van der Waals surface area contributed by atoms with Crippen LogP contribution in [0.4, 0.5) is 0 Å². The number of quaternary nitrogens is 1.